The number of benzene rings is 1. The summed E-state index contributed by atoms with van der Waals surface area (Å²) in [4.78, 5) is 11.0. The Morgan fingerprint density at radius 1 is 1.62 bits per heavy atom. The topological polar surface area (TPSA) is 29.1 Å². The maximum atomic E-state index is 12.6. The van der Waals surface area contributed by atoms with E-state index >= 15 is 0 Å². The normalized spacial score (nSPS) is 9.77. The molecule has 1 rings (SSSR count). The highest BCUT2D eigenvalue weighted by Gasteiger charge is 2.03. The highest BCUT2D eigenvalue weighted by atomic mass is 127. The number of rotatable bonds is 2. The lowest BCUT2D eigenvalue weighted by Gasteiger charge is -2.05. The molecule has 0 heterocycles. The third-order valence-electron chi connectivity index (χ3n) is 1.53. The quantitative estimate of drug-likeness (QED) is 0.835. The lowest BCUT2D eigenvalue weighted by Crippen LogP contribution is -2.10. The molecule has 1 aromatic carbocycles. The Morgan fingerprint density at radius 3 is 2.85 bits per heavy atom. The molecule has 0 atom stereocenters. The molecule has 0 radical (unpaired) electrons. The van der Waals surface area contributed by atoms with Crippen molar-refractivity contribution < 1.29 is 9.18 Å². The van der Waals surface area contributed by atoms with Crippen LogP contribution in [0.25, 0.3) is 0 Å². The Hall–Kier alpha value is -0.650. The molecule has 2 nitrogen and oxygen atoms in total. The van der Waals surface area contributed by atoms with Gasteiger partial charge in [-0.2, -0.15) is 0 Å². The number of carbonyl (C=O) groups is 1. The van der Waals surface area contributed by atoms with Gasteiger partial charge in [0.15, 0.2) is 0 Å². The summed E-state index contributed by atoms with van der Waals surface area (Å²) in [5, 5.41) is 2.67. The smallest absolute Gasteiger partial charge is 0.224 e. The van der Waals surface area contributed by atoms with Crippen molar-refractivity contribution in [3.8, 4) is 0 Å². The van der Waals surface area contributed by atoms with Gasteiger partial charge in [-0.1, -0.05) is 6.92 Å². The average Bonchev–Trinajstić information content (AvgIpc) is 2.09. The summed E-state index contributed by atoms with van der Waals surface area (Å²) in [7, 11) is 0. The molecule has 13 heavy (non-hydrogen) atoms. The van der Waals surface area contributed by atoms with E-state index in [1.54, 1.807) is 13.0 Å². The van der Waals surface area contributed by atoms with E-state index in [2.05, 4.69) is 5.32 Å². The zero-order chi connectivity index (χ0) is 9.84. The van der Waals surface area contributed by atoms with Crippen LogP contribution < -0.4 is 5.32 Å². The van der Waals surface area contributed by atoms with Gasteiger partial charge in [-0.25, -0.2) is 4.39 Å². The molecule has 0 unspecified atom stereocenters. The first-order valence-corrected chi connectivity index (χ1v) is 4.96. The fourth-order valence-electron chi connectivity index (χ4n) is 0.829. The second-order valence-electron chi connectivity index (χ2n) is 2.53. The van der Waals surface area contributed by atoms with E-state index < -0.39 is 0 Å². The van der Waals surface area contributed by atoms with E-state index in [0.29, 0.717) is 15.7 Å². The number of nitrogens with one attached hydrogen (secondary N) is 1. The van der Waals surface area contributed by atoms with E-state index in [1.807, 2.05) is 22.6 Å². The van der Waals surface area contributed by atoms with Gasteiger partial charge in [-0.05, 0) is 40.8 Å². The van der Waals surface area contributed by atoms with E-state index in [0.717, 1.165) is 0 Å². The number of hydrogen-bond donors (Lipinski definition) is 1. The standard InChI is InChI=1S/C9H9FINO/c1-2-9(13)12-8-4-3-6(10)5-7(8)11/h3-5H,2H2,1H3,(H,12,13). The fraction of sp³-hybridized carbons (Fsp3) is 0.222. The highest BCUT2D eigenvalue weighted by Crippen LogP contribution is 2.18. The van der Waals surface area contributed by atoms with Crippen LogP contribution in [0.5, 0.6) is 0 Å². The predicted molar refractivity (Wildman–Crippen MR) is 58.0 cm³/mol. The molecule has 1 amide bonds. The summed E-state index contributed by atoms with van der Waals surface area (Å²) in [5.41, 5.74) is 0.661. The third-order valence-corrected chi connectivity index (χ3v) is 2.42. The largest absolute Gasteiger partial charge is 0.325 e. The second-order valence-corrected chi connectivity index (χ2v) is 3.69. The van der Waals surface area contributed by atoms with Crippen molar-refractivity contribution in [2.24, 2.45) is 0 Å². The second kappa shape index (κ2) is 4.55. The summed E-state index contributed by atoms with van der Waals surface area (Å²) < 4.78 is 13.4. The monoisotopic (exact) mass is 293 g/mol. The van der Waals surface area contributed by atoms with Crippen LogP contribution in [0.3, 0.4) is 0 Å². The van der Waals surface area contributed by atoms with Crippen molar-refractivity contribution in [1.82, 2.24) is 0 Å². The van der Waals surface area contributed by atoms with E-state index in [9.17, 15) is 9.18 Å². The molecular weight excluding hydrogens is 284 g/mol. The molecule has 1 N–H and O–H groups in total. The van der Waals surface area contributed by atoms with Gasteiger partial charge >= 0.3 is 0 Å². The Morgan fingerprint density at radius 2 is 2.31 bits per heavy atom. The lowest BCUT2D eigenvalue weighted by atomic mass is 10.3. The fourth-order valence-corrected chi connectivity index (χ4v) is 1.44. The molecule has 0 saturated heterocycles. The van der Waals surface area contributed by atoms with Crippen molar-refractivity contribution in [2.75, 3.05) is 5.32 Å². The molecule has 0 aromatic heterocycles. The van der Waals surface area contributed by atoms with Crippen LogP contribution in [0.4, 0.5) is 10.1 Å². The molecule has 0 bridgehead atoms. The van der Waals surface area contributed by atoms with Crippen LogP contribution in [0.15, 0.2) is 18.2 Å². The van der Waals surface area contributed by atoms with Crippen molar-refractivity contribution in [3.05, 3.63) is 27.6 Å². The number of hydrogen-bond acceptors (Lipinski definition) is 1. The van der Waals surface area contributed by atoms with Crippen LogP contribution >= 0.6 is 22.6 Å². The van der Waals surface area contributed by atoms with Gasteiger partial charge in [-0.15, -0.1) is 0 Å². The Balaban J connectivity index is 2.83. The van der Waals surface area contributed by atoms with Gasteiger partial charge in [0.1, 0.15) is 5.82 Å². The average molecular weight is 293 g/mol. The molecule has 70 valence electrons. The first-order valence-electron chi connectivity index (χ1n) is 3.88. The van der Waals surface area contributed by atoms with Crippen LogP contribution in [0.1, 0.15) is 13.3 Å². The minimum Gasteiger partial charge on any atom is -0.325 e. The zero-order valence-electron chi connectivity index (χ0n) is 7.10. The molecular formula is C9H9FINO. The van der Waals surface area contributed by atoms with Gasteiger partial charge in [0.25, 0.3) is 0 Å². The lowest BCUT2D eigenvalue weighted by molar-refractivity contribution is -0.115. The highest BCUT2D eigenvalue weighted by molar-refractivity contribution is 14.1. The van der Waals surface area contributed by atoms with Crippen LogP contribution in [0.2, 0.25) is 0 Å². The third kappa shape index (κ3) is 2.95. The van der Waals surface area contributed by atoms with Crippen molar-refractivity contribution in [3.63, 3.8) is 0 Å². The number of halogens is 2. The molecule has 0 aliphatic carbocycles. The van der Waals surface area contributed by atoms with Gasteiger partial charge in [0.2, 0.25) is 5.91 Å². The Labute approximate surface area is 89.7 Å². The first kappa shape index (κ1) is 10.4. The Kier molecular flexibility index (Phi) is 3.65. The van der Waals surface area contributed by atoms with Crippen molar-refractivity contribution in [2.45, 2.75) is 13.3 Å². The summed E-state index contributed by atoms with van der Waals surface area (Å²) in [6.07, 6.45) is 0.424. The van der Waals surface area contributed by atoms with Gasteiger partial charge in [0, 0.05) is 9.99 Å². The first-order chi connectivity index (χ1) is 6.13. The Bertz CT molecular complexity index is 327. The van der Waals surface area contributed by atoms with Crippen molar-refractivity contribution in [1.29, 1.82) is 0 Å². The number of amides is 1. The number of carbonyl (C=O) groups excluding carboxylic acids is 1. The molecule has 4 heteroatoms. The molecule has 0 spiro atoms. The summed E-state index contributed by atoms with van der Waals surface area (Å²) in [6, 6.07) is 4.27. The maximum absolute atomic E-state index is 12.6. The SMILES string of the molecule is CCC(=O)Nc1ccc(F)cc1I. The van der Waals surface area contributed by atoms with Gasteiger partial charge in [-0.3, -0.25) is 4.79 Å². The van der Waals surface area contributed by atoms with Crippen molar-refractivity contribution >= 4 is 34.2 Å². The zero-order valence-corrected chi connectivity index (χ0v) is 9.26. The number of anilines is 1. The summed E-state index contributed by atoms with van der Waals surface area (Å²) in [6.45, 7) is 1.77. The predicted octanol–water partition coefficient (Wildman–Crippen LogP) is 2.78. The van der Waals surface area contributed by atoms with E-state index in [1.165, 1.54) is 12.1 Å². The van der Waals surface area contributed by atoms with Gasteiger partial charge < -0.3 is 5.32 Å². The minimum absolute atomic E-state index is 0.0653. The minimum atomic E-state index is -0.293. The molecule has 1 aromatic rings. The van der Waals surface area contributed by atoms with Crippen LogP contribution in [-0.2, 0) is 4.79 Å². The molecule has 0 aliphatic heterocycles. The van der Waals surface area contributed by atoms with E-state index in [-0.39, 0.29) is 11.7 Å². The molecule has 0 fully saturated rings. The van der Waals surface area contributed by atoms with Crippen LogP contribution in [-0.4, -0.2) is 5.91 Å². The summed E-state index contributed by atoms with van der Waals surface area (Å²) in [5.74, 6) is -0.358. The maximum Gasteiger partial charge on any atom is 0.224 e. The van der Waals surface area contributed by atoms with E-state index in [4.69, 9.17) is 0 Å². The molecule has 0 saturated carbocycles. The van der Waals surface area contributed by atoms with Gasteiger partial charge in [0.05, 0.1) is 5.69 Å². The summed E-state index contributed by atoms with van der Waals surface area (Å²) >= 11 is 1.98. The molecule has 0 aliphatic rings. The van der Waals surface area contributed by atoms with Crippen LogP contribution in [0, 0.1) is 9.39 Å².